The molecule has 3 aromatic rings. The van der Waals surface area contributed by atoms with E-state index in [9.17, 15) is 0 Å². The van der Waals surface area contributed by atoms with Gasteiger partial charge in [-0.15, -0.1) is 0 Å². The normalized spacial score (nSPS) is 12.8. The summed E-state index contributed by atoms with van der Waals surface area (Å²) >= 11 is 6.05. The van der Waals surface area contributed by atoms with Gasteiger partial charge in [0.15, 0.2) is 0 Å². The third kappa shape index (κ3) is 7.26. The van der Waals surface area contributed by atoms with Gasteiger partial charge in [0.25, 0.3) is 0 Å². The van der Waals surface area contributed by atoms with Gasteiger partial charge in [0.1, 0.15) is 0 Å². The molecule has 0 bridgehead atoms. The Morgan fingerprint density at radius 1 is 1.07 bits per heavy atom. The average Bonchev–Trinajstić information content (AvgIpc) is 2.74. The second-order valence-corrected chi connectivity index (χ2v) is 7.85. The molecule has 0 fully saturated rings. The molecule has 0 radical (unpaired) electrons. The van der Waals surface area contributed by atoms with Crippen LogP contribution >= 0.6 is 11.6 Å². The molecule has 0 spiro atoms. The number of aromatic nitrogens is 3. The zero-order chi connectivity index (χ0) is 21.2. The van der Waals surface area contributed by atoms with E-state index in [1.165, 1.54) is 12.8 Å². The van der Waals surface area contributed by atoms with Crippen molar-refractivity contribution in [3.63, 3.8) is 0 Å². The number of pyridine rings is 1. The number of nitrogens with two attached hydrogens (primary N) is 1. The highest BCUT2D eigenvalue weighted by Crippen LogP contribution is 2.22. The van der Waals surface area contributed by atoms with Crippen LogP contribution in [0.3, 0.4) is 0 Å². The van der Waals surface area contributed by atoms with Crippen LogP contribution in [0.5, 0.6) is 0 Å². The lowest BCUT2D eigenvalue weighted by atomic mass is 9.99. The van der Waals surface area contributed by atoms with Crippen molar-refractivity contribution < 1.29 is 0 Å². The maximum Gasteiger partial charge on any atom is 0.0890 e. The molecule has 6 heteroatoms. The van der Waals surface area contributed by atoms with Gasteiger partial charge in [0.05, 0.1) is 27.9 Å². The monoisotopic (exact) mass is 413 g/mol. The minimum Gasteiger partial charge on any atom is -0.379 e. The van der Waals surface area contributed by atoms with Crippen molar-refractivity contribution in [1.29, 1.82) is 0 Å². The predicted molar refractivity (Wildman–Crippen MR) is 123 cm³/mol. The highest BCUT2D eigenvalue weighted by molar-refractivity contribution is 6.31. The zero-order valence-electron chi connectivity index (χ0n) is 17.8. The number of nitrogens with one attached hydrogen (secondary N) is 1. The van der Waals surface area contributed by atoms with Crippen LogP contribution in [0.4, 0.5) is 5.69 Å². The molecule has 5 nitrogen and oxygen atoms in total. The number of fused-ring (bicyclic) bond motifs is 1. The Labute approximate surface area is 179 Å². The maximum absolute atomic E-state index is 6.05. The van der Waals surface area contributed by atoms with Crippen LogP contribution in [0.1, 0.15) is 51.2 Å². The number of benzene rings is 1. The van der Waals surface area contributed by atoms with Gasteiger partial charge in [-0.3, -0.25) is 15.0 Å². The van der Waals surface area contributed by atoms with Crippen molar-refractivity contribution in [2.75, 3.05) is 5.32 Å². The minimum absolute atomic E-state index is 0.431. The van der Waals surface area contributed by atoms with Crippen LogP contribution in [0.2, 0.25) is 5.02 Å². The molecule has 29 heavy (non-hydrogen) atoms. The smallest absolute Gasteiger partial charge is 0.0890 e. The van der Waals surface area contributed by atoms with Crippen molar-refractivity contribution in [1.82, 2.24) is 15.0 Å². The van der Waals surface area contributed by atoms with Crippen LogP contribution in [0, 0.1) is 12.8 Å². The Morgan fingerprint density at radius 3 is 2.48 bits per heavy atom. The molecule has 0 aliphatic carbocycles. The topological polar surface area (TPSA) is 76.7 Å². The van der Waals surface area contributed by atoms with E-state index in [-0.39, 0.29) is 0 Å². The van der Waals surface area contributed by atoms with E-state index in [4.69, 9.17) is 17.3 Å². The van der Waals surface area contributed by atoms with Crippen LogP contribution in [-0.2, 0) is 6.54 Å². The van der Waals surface area contributed by atoms with Gasteiger partial charge < -0.3 is 11.1 Å². The molecule has 0 aliphatic rings. The Hall–Kier alpha value is -2.24. The third-order valence-electron chi connectivity index (χ3n) is 5.10. The van der Waals surface area contributed by atoms with E-state index in [0.29, 0.717) is 17.6 Å². The summed E-state index contributed by atoms with van der Waals surface area (Å²) in [4.78, 5) is 12.7. The number of rotatable bonds is 7. The summed E-state index contributed by atoms with van der Waals surface area (Å²) in [7, 11) is 0. The molecule has 0 amide bonds. The molecule has 0 aliphatic heterocycles. The first-order chi connectivity index (χ1) is 13.9. The first-order valence-electron chi connectivity index (χ1n) is 10.2. The fraction of sp³-hybridized carbons (Fsp3) is 0.435. The lowest BCUT2D eigenvalue weighted by molar-refractivity contribution is 0.445. The van der Waals surface area contributed by atoms with Crippen LogP contribution < -0.4 is 11.1 Å². The molecule has 1 aromatic carbocycles. The fourth-order valence-corrected chi connectivity index (χ4v) is 3.00. The summed E-state index contributed by atoms with van der Waals surface area (Å²) < 4.78 is 0. The lowest BCUT2D eigenvalue weighted by Crippen LogP contribution is -2.21. The van der Waals surface area contributed by atoms with Gasteiger partial charge in [0.2, 0.25) is 0 Å². The number of hydrogen-bond acceptors (Lipinski definition) is 5. The molecule has 0 saturated heterocycles. The molecule has 0 saturated carbocycles. The highest BCUT2D eigenvalue weighted by Gasteiger charge is 2.04. The van der Waals surface area contributed by atoms with E-state index in [2.05, 4.69) is 41.0 Å². The molecule has 2 atom stereocenters. The predicted octanol–water partition coefficient (Wildman–Crippen LogP) is 5.76. The van der Waals surface area contributed by atoms with E-state index in [1.54, 1.807) is 24.8 Å². The van der Waals surface area contributed by atoms with E-state index in [1.807, 2.05) is 25.1 Å². The van der Waals surface area contributed by atoms with Gasteiger partial charge >= 0.3 is 0 Å². The van der Waals surface area contributed by atoms with Gasteiger partial charge in [-0.05, 0) is 48.9 Å². The number of hydrogen-bond donors (Lipinski definition) is 2. The number of halogens is 1. The standard InChI is InChI=1S/C15H13ClN4.C8H19N/c1-10-12(16)8-17-9-15(10)20-7-11-2-3-13-14(6-11)19-5-4-18-13;1-4-7(3)6-8(9)5-2/h2-6,8-9,20H,7H2,1H3;7-8H,4-6,9H2,1-3H3. The Bertz CT molecular complexity index is 891. The van der Waals surface area contributed by atoms with Gasteiger partial charge in [-0.2, -0.15) is 0 Å². The van der Waals surface area contributed by atoms with Crippen LogP contribution in [0.25, 0.3) is 11.0 Å². The van der Waals surface area contributed by atoms with Crippen LogP contribution in [-0.4, -0.2) is 21.0 Å². The molecule has 3 rings (SSSR count). The summed E-state index contributed by atoms with van der Waals surface area (Å²) in [5.41, 5.74) is 10.6. The summed E-state index contributed by atoms with van der Waals surface area (Å²) in [5.74, 6) is 0.806. The zero-order valence-corrected chi connectivity index (χ0v) is 18.6. The summed E-state index contributed by atoms with van der Waals surface area (Å²) in [6.07, 6.45) is 10.4. The maximum atomic E-state index is 6.05. The quantitative estimate of drug-likeness (QED) is 0.515. The van der Waals surface area contributed by atoms with Crippen molar-refractivity contribution in [3.8, 4) is 0 Å². The lowest BCUT2D eigenvalue weighted by Gasteiger charge is -2.12. The third-order valence-corrected chi connectivity index (χ3v) is 5.48. The molecule has 2 unspecified atom stereocenters. The van der Waals surface area contributed by atoms with Gasteiger partial charge in [-0.1, -0.05) is 44.9 Å². The summed E-state index contributed by atoms with van der Waals surface area (Å²) in [6.45, 7) is 9.28. The SMILES string of the molecule is CCC(C)CC(N)CC.Cc1c(Cl)cncc1NCc1ccc2nccnc2c1. The summed E-state index contributed by atoms with van der Waals surface area (Å²) in [5, 5.41) is 4.01. The molecule has 2 aromatic heterocycles. The Balaban J connectivity index is 0.000000284. The second kappa shape index (κ2) is 11.7. The van der Waals surface area contributed by atoms with E-state index < -0.39 is 0 Å². The first kappa shape index (κ1) is 23.0. The number of nitrogens with zero attached hydrogens (tertiary/aromatic N) is 3. The highest BCUT2D eigenvalue weighted by atomic mass is 35.5. The van der Waals surface area contributed by atoms with E-state index in [0.717, 1.165) is 40.2 Å². The Kier molecular flexibility index (Phi) is 9.29. The van der Waals surface area contributed by atoms with Gasteiger partial charge in [-0.25, -0.2) is 0 Å². The molecular formula is C23H32ClN5. The van der Waals surface area contributed by atoms with Crippen molar-refractivity contribution in [2.24, 2.45) is 11.7 Å². The van der Waals surface area contributed by atoms with Crippen molar-refractivity contribution in [2.45, 2.75) is 59.5 Å². The molecule has 156 valence electrons. The van der Waals surface area contributed by atoms with E-state index >= 15 is 0 Å². The first-order valence-corrected chi connectivity index (χ1v) is 10.6. The molecule has 2 heterocycles. The van der Waals surface area contributed by atoms with Gasteiger partial charge in [0, 0.05) is 31.2 Å². The fourth-order valence-electron chi connectivity index (χ4n) is 2.84. The average molecular weight is 414 g/mol. The number of anilines is 1. The Morgan fingerprint density at radius 2 is 1.79 bits per heavy atom. The molecular weight excluding hydrogens is 382 g/mol. The van der Waals surface area contributed by atoms with Crippen molar-refractivity contribution in [3.05, 3.63) is 59.1 Å². The van der Waals surface area contributed by atoms with Crippen molar-refractivity contribution >= 4 is 28.3 Å². The second-order valence-electron chi connectivity index (χ2n) is 7.44. The van der Waals surface area contributed by atoms with Crippen LogP contribution in [0.15, 0.2) is 43.0 Å². The largest absolute Gasteiger partial charge is 0.379 e. The summed E-state index contributed by atoms with van der Waals surface area (Å²) in [6, 6.07) is 6.47. The molecule has 3 N–H and O–H groups in total. The minimum atomic E-state index is 0.431.